The maximum absolute atomic E-state index is 12.1. The standard InChI is InChI=1S/C17H15BrN2O5/c1-24-13-8-7-10(14(17(22)23)15(13)25-2)9-19-20-16(21)11-5-3-4-6-12(11)18/h3-9H,1-2H3,(H,20,21)(H,22,23). The van der Waals surface area contributed by atoms with Gasteiger partial charge in [-0.1, -0.05) is 12.1 Å². The van der Waals surface area contributed by atoms with E-state index in [1.165, 1.54) is 26.5 Å². The normalized spacial score (nSPS) is 10.5. The highest BCUT2D eigenvalue weighted by Crippen LogP contribution is 2.32. The third-order valence-electron chi connectivity index (χ3n) is 3.28. The van der Waals surface area contributed by atoms with Gasteiger partial charge < -0.3 is 14.6 Å². The molecule has 0 fully saturated rings. The van der Waals surface area contributed by atoms with Gasteiger partial charge in [0, 0.05) is 10.0 Å². The summed E-state index contributed by atoms with van der Waals surface area (Å²) in [7, 11) is 2.76. The Kier molecular flexibility index (Phi) is 6.13. The number of carbonyl (C=O) groups excluding carboxylic acids is 1. The number of carboxylic acids is 1. The van der Waals surface area contributed by atoms with Crippen molar-refractivity contribution in [3.8, 4) is 11.5 Å². The zero-order chi connectivity index (χ0) is 18.4. The van der Waals surface area contributed by atoms with Crippen molar-refractivity contribution in [1.82, 2.24) is 5.43 Å². The maximum Gasteiger partial charge on any atom is 0.340 e. The fourth-order valence-corrected chi connectivity index (χ4v) is 2.60. The van der Waals surface area contributed by atoms with Crippen molar-refractivity contribution in [2.75, 3.05) is 14.2 Å². The lowest BCUT2D eigenvalue weighted by molar-refractivity contribution is 0.0692. The molecule has 130 valence electrons. The molecule has 0 aliphatic rings. The van der Waals surface area contributed by atoms with Crippen molar-refractivity contribution >= 4 is 34.0 Å². The number of nitrogens with one attached hydrogen (secondary N) is 1. The van der Waals surface area contributed by atoms with Gasteiger partial charge >= 0.3 is 5.97 Å². The van der Waals surface area contributed by atoms with Crippen LogP contribution in [0.4, 0.5) is 0 Å². The van der Waals surface area contributed by atoms with Crippen molar-refractivity contribution < 1.29 is 24.2 Å². The second-order valence-corrected chi connectivity index (χ2v) is 5.60. The van der Waals surface area contributed by atoms with Gasteiger partial charge in [-0.25, -0.2) is 10.2 Å². The van der Waals surface area contributed by atoms with Crippen molar-refractivity contribution in [2.24, 2.45) is 5.10 Å². The number of hydrogen-bond acceptors (Lipinski definition) is 5. The first-order valence-corrected chi connectivity index (χ1v) is 7.85. The molecule has 0 bridgehead atoms. The highest BCUT2D eigenvalue weighted by molar-refractivity contribution is 9.10. The first-order chi connectivity index (χ1) is 12.0. The van der Waals surface area contributed by atoms with Gasteiger partial charge in [0.25, 0.3) is 5.91 Å². The third-order valence-corrected chi connectivity index (χ3v) is 3.97. The highest BCUT2D eigenvalue weighted by atomic mass is 79.9. The summed E-state index contributed by atoms with van der Waals surface area (Å²) in [5, 5.41) is 13.3. The molecule has 0 aliphatic carbocycles. The van der Waals surface area contributed by atoms with Gasteiger partial charge in [0.2, 0.25) is 0 Å². The topological polar surface area (TPSA) is 97.2 Å². The highest BCUT2D eigenvalue weighted by Gasteiger charge is 2.20. The molecule has 25 heavy (non-hydrogen) atoms. The summed E-state index contributed by atoms with van der Waals surface area (Å²) >= 11 is 3.28. The van der Waals surface area contributed by atoms with Crippen LogP contribution in [-0.4, -0.2) is 37.4 Å². The molecule has 0 aromatic heterocycles. The zero-order valence-electron chi connectivity index (χ0n) is 13.4. The van der Waals surface area contributed by atoms with Crippen LogP contribution in [-0.2, 0) is 0 Å². The van der Waals surface area contributed by atoms with Crippen molar-refractivity contribution in [1.29, 1.82) is 0 Å². The number of aromatic carboxylic acids is 1. The minimum Gasteiger partial charge on any atom is -0.493 e. The number of hydrazone groups is 1. The molecule has 0 radical (unpaired) electrons. The van der Waals surface area contributed by atoms with Crippen molar-refractivity contribution in [3.05, 3.63) is 57.6 Å². The van der Waals surface area contributed by atoms with E-state index >= 15 is 0 Å². The van der Waals surface area contributed by atoms with E-state index in [4.69, 9.17) is 9.47 Å². The Labute approximate surface area is 152 Å². The summed E-state index contributed by atoms with van der Waals surface area (Å²) in [4.78, 5) is 23.6. The van der Waals surface area contributed by atoms with E-state index in [0.29, 0.717) is 10.0 Å². The predicted molar refractivity (Wildman–Crippen MR) is 95.7 cm³/mol. The molecule has 2 aromatic carbocycles. The number of rotatable bonds is 6. The van der Waals surface area contributed by atoms with Gasteiger partial charge in [0.15, 0.2) is 11.5 Å². The Hall–Kier alpha value is -2.87. The van der Waals surface area contributed by atoms with Crippen molar-refractivity contribution in [2.45, 2.75) is 0 Å². The Morgan fingerprint density at radius 3 is 2.48 bits per heavy atom. The molecule has 0 aliphatic heterocycles. The molecular formula is C17H15BrN2O5. The molecule has 2 aromatic rings. The van der Waals surface area contributed by atoms with Gasteiger partial charge in [0.05, 0.1) is 26.0 Å². The molecule has 2 N–H and O–H groups in total. The van der Waals surface area contributed by atoms with Crippen LogP contribution < -0.4 is 14.9 Å². The average Bonchev–Trinajstić information content (AvgIpc) is 2.60. The second-order valence-electron chi connectivity index (χ2n) is 4.75. The van der Waals surface area contributed by atoms with Crippen LogP contribution in [0.5, 0.6) is 11.5 Å². The number of halogens is 1. The summed E-state index contributed by atoms with van der Waals surface area (Å²) in [5.41, 5.74) is 2.92. The van der Waals surface area contributed by atoms with Crippen LogP contribution in [0.1, 0.15) is 26.3 Å². The first-order valence-electron chi connectivity index (χ1n) is 7.05. The number of benzene rings is 2. The van der Waals surface area contributed by atoms with Gasteiger partial charge in [-0.05, 0) is 40.2 Å². The summed E-state index contributed by atoms with van der Waals surface area (Å²) < 4.78 is 10.8. The van der Waals surface area contributed by atoms with Gasteiger partial charge in [-0.2, -0.15) is 5.10 Å². The average molecular weight is 407 g/mol. The second kappa shape index (κ2) is 8.29. The van der Waals surface area contributed by atoms with E-state index in [0.717, 1.165) is 0 Å². The fourth-order valence-electron chi connectivity index (χ4n) is 2.14. The van der Waals surface area contributed by atoms with Crippen LogP contribution in [0.2, 0.25) is 0 Å². The largest absolute Gasteiger partial charge is 0.493 e. The zero-order valence-corrected chi connectivity index (χ0v) is 15.0. The Morgan fingerprint density at radius 2 is 1.88 bits per heavy atom. The first kappa shape index (κ1) is 18.5. The predicted octanol–water partition coefficient (Wildman–Crippen LogP) is 2.93. The molecule has 0 heterocycles. The molecule has 8 heteroatoms. The molecule has 1 amide bonds. The van der Waals surface area contributed by atoms with Crippen LogP contribution in [0.3, 0.4) is 0 Å². The lowest BCUT2D eigenvalue weighted by Gasteiger charge is -2.12. The number of carbonyl (C=O) groups is 2. The van der Waals surface area contributed by atoms with E-state index in [1.807, 2.05) is 0 Å². The van der Waals surface area contributed by atoms with Crippen molar-refractivity contribution in [3.63, 3.8) is 0 Å². The summed E-state index contributed by atoms with van der Waals surface area (Å²) in [5.74, 6) is -1.26. The van der Waals surface area contributed by atoms with E-state index in [1.54, 1.807) is 30.3 Å². The van der Waals surface area contributed by atoms with E-state index in [2.05, 4.69) is 26.5 Å². The Bertz CT molecular complexity index is 836. The van der Waals surface area contributed by atoms with Gasteiger partial charge in [-0.3, -0.25) is 4.79 Å². The number of methoxy groups -OCH3 is 2. The SMILES string of the molecule is COc1ccc(C=NNC(=O)c2ccccc2Br)c(C(=O)O)c1OC. The van der Waals surface area contributed by atoms with Crippen LogP contribution in [0, 0.1) is 0 Å². The van der Waals surface area contributed by atoms with E-state index in [-0.39, 0.29) is 22.6 Å². The number of hydrogen-bond donors (Lipinski definition) is 2. The monoisotopic (exact) mass is 406 g/mol. The van der Waals surface area contributed by atoms with E-state index < -0.39 is 11.9 Å². The number of nitrogens with zero attached hydrogens (tertiary/aromatic N) is 1. The molecule has 0 saturated heterocycles. The fraction of sp³-hybridized carbons (Fsp3) is 0.118. The van der Waals surface area contributed by atoms with Gasteiger partial charge in [0.1, 0.15) is 5.56 Å². The molecule has 0 saturated carbocycles. The molecule has 2 rings (SSSR count). The lowest BCUT2D eigenvalue weighted by Crippen LogP contribution is -2.18. The van der Waals surface area contributed by atoms with Crippen LogP contribution in [0.25, 0.3) is 0 Å². The summed E-state index contributed by atoms with van der Waals surface area (Å²) in [6.45, 7) is 0. The van der Waals surface area contributed by atoms with Crippen LogP contribution in [0.15, 0.2) is 46.0 Å². The van der Waals surface area contributed by atoms with Crippen LogP contribution >= 0.6 is 15.9 Å². The third kappa shape index (κ3) is 4.16. The number of ether oxygens (including phenoxy) is 2. The molecule has 0 atom stereocenters. The molecular weight excluding hydrogens is 392 g/mol. The minimum absolute atomic E-state index is 0.0797. The summed E-state index contributed by atoms with van der Waals surface area (Å²) in [6.07, 6.45) is 1.24. The Morgan fingerprint density at radius 1 is 1.16 bits per heavy atom. The van der Waals surface area contributed by atoms with E-state index in [9.17, 15) is 14.7 Å². The summed E-state index contributed by atoms with van der Waals surface area (Å²) in [6, 6.07) is 9.94. The smallest absolute Gasteiger partial charge is 0.340 e. The number of amides is 1. The van der Waals surface area contributed by atoms with Gasteiger partial charge in [-0.15, -0.1) is 0 Å². The Balaban J connectivity index is 2.28. The molecule has 0 unspecified atom stereocenters. The number of carboxylic acid groups (broad SMARTS) is 1. The quantitative estimate of drug-likeness (QED) is 0.567. The molecule has 7 nitrogen and oxygen atoms in total. The lowest BCUT2D eigenvalue weighted by atomic mass is 10.1. The maximum atomic E-state index is 12.1. The minimum atomic E-state index is -1.20. The molecule has 0 spiro atoms.